The van der Waals surface area contributed by atoms with Gasteiger partial charge in [-0.3, -0.25) is 4.79 Å². The van der Waals surface area contributed by atoms with Crippen LogP contribution in [0.1, 0.15) is 17.1 Å². The number of hydrogen-bond donors (Lipinski definition) is 1. The summed E-state index contributed by atoms with van der Waals surface area (Å²) in [6, 6.07) is 12.3. The Morgan fingerprint density at radius 1 is 1.20 bits per heavy atom. The summed E-state index contributed by atoms with van der Waals surface area (Å²) in [6.45, 7) is 4.25. The highest BCUT2D eigenvalue weighted by molar-refractivity contribution is 7.99. The van der Waals surface area contributed by atoms with Crippen LogP contribution in [-0.4, -0.2) is 31.4 Å². The quantitative estimate of drug-likeness (QED) is 0.431. The van der Waals surface area contributed by atoms with Gasteiger partial charge in [0.25, 0.3) is 0 Å². The molecule has 4 rings (SSSR count). The number of fused-ring (bicyclic) bond motifs is 1. The summed E-state index contributed by atoms with van der Waals surface area (Å²) < 4.78 is 7.86. The summed E-state index contributed by atoms with van der Waals surface area (Å²) in [4.78, 5) is 16.4. The molecule has 9 heteroatoms. The van der Waals surface area contributed by atoms with Crippen LogP contribution in [0, 0.1) is 13.8 Å². The molecule has 0 aliphatic heterocycles. The van der Waals surface area contributed by atoms with Crippen LogP contribution in [0.4, 0.5) is 5.13 Å². The highest BCUT2D eigenvalue weighted by Gasteiger charge is 2.14. The van der Waals surface area contributed by atoms with E-state index in [0.717, 1.165) is 17.0 Å². The molecule has 0 radical (unpaired) electrons. The van der Waals surface area contributed by atoms with Crippen LogP contribution in [0.15, 0.2) is 46.9 Å². The topological polar surface area (TPSA) is 81.9 Å². The van der Waals surface area contributed by atoms with Crippen molar-refractivity contribution in [3.63, 3.8) is 0 Å². The molecule has 154 valence electrons. The average molecular weight is 440 g/mol. The van der Waals surface area contributed by atoms with E-state index in [-0.39, 0.29) is 11.7 Å². The number of amides is 1. The molecule has 0 bridgehead atoms. The van der Waals surface area contributed by atoms with Crippen molar-refractivity contribution in [2.75, 3.05) is 11.1 Å². The third-order valence-electron chi connectivity index (χ3n) is 4.63. The van der Waals surface area contributed by atoms with Gasteiger partial charge < -0.3 is 14.6 Å². The van der Waals surface area contributed by atoms with E-state index in [1.807, 2.05) is 42.1 Å². The van der Waals surface area contributed by atoms with E-state index in [0.29, 0.717) is 22.7 Å². The van der Waals surface area contributed by atoms with E-state index in [1.165, 1.54) is 33.9 Å². The Hall–Kier alpha value is -2.91. The minimum atomic E-state index is -0.123. The van der Waals surface area contributed by atoms with Gasteiger partial charge in [-0.2, -0.15) is 0 Å². The molecular weight excluding hydrogens is 418 g/mol. The van der Waals surface area contributed by atoms with Gasteiger partial charge in [0, 0.05) is 12.4 Å². The number of aromatic nitrogens is 4. The van der Waals surface area contributed by atoms with Gasteiger partial charge in [0.15, 0.2) is 16.1 Å². The lowest BCUT2D eigenvalue weighted by molar-refractivity contribution is -0.113. The molecule has 1 N–H and O–H groups in total. The number of anilines is 1. The molecule has 0 aliphatic rings. The number of thioether (sulfide) groups is 1. The summed E-state index contributed by atoms with van der Waals surface area (Å²) in [6.07, 6.45) is 0. The number of hydrogen-bond acceptors (Lipinski definition) is 7. The van der Waals surface area contributed by atoms with Gasteiger partial charge in [0.1, 0.15) is 12.4 Å². The molecule has 7 nitrogen and oxygen atoms in total. The minimum absolute atomic E-state index is 0.123. The van der Waals surface area contributed by atoms with Gasteiger partial charge in [-0.1, -0.05) is 42.1 Å². The maximum absolute atomic E-state index is 12.1. The minimum Gasteiger partial charge on any atom is -0.485 e. The first-order valence-corrected chi connectivity index (χ1v) is 11.2. The van der Waals surface area contributed by atoms with Crippen LogP contribution in [0.25, 0.3) is 10.8 Å². The van der Waals surface area contributed by atoms with Crippen molar-refractivity contribution < 1.29 is 9.53 Å². The molecule has 2 aromatic carbocycles. The summed E-state index contributed by atoms with van der Waals surface area (Å²) in [5, 5.41) is 16.7. The Labute approximate surface area is 182 Å². The summed E-state index contributed by atoms with van der Waals surface area (Å²) in [7, 11) is 1.87. The van der Waals surface area contributed by atoms with E-state index < -0.39 is 0 Å². The van der Waals surface area contributed by atoms with Crippen LogP contribution >= 0.6 is 23.1 Å². The molecule has 0 aliphatic carbocycles. The normalized spacial score (nSPS) is 11.0. The molecule has 0 unspecified atom stereocenters. The molecule has 0 saturated carbocycles. The Morgan fingerprint density at radius 3 is 2.83 bits per heavy atom. The van der Waals surface area contributed by atoms with Crippen LogP contribution in [0.3, 0.4) is 0 Å². The number of rotatable bonds is 7. The molecule has 30 heavy (non-hydrogen) atoms. The van der Waals surface area contributed by atoms with Crippen molar-refractivity contribution in [1.29, 1.82) is 0 Å². The summed E-state index contributed by atoms with van der Waals surface area (Å²) in [5.74, 6) is 1.63. The van der Waals surface area contributed by atoms with E-state index in [9.17, 15) is 4.79 Å². The maximum atomic E-state index is 12.1. The number of benzene rings is 2. The first kappa shape index (κ1) is 20.4. The van der Waals surface area contributed by atoms with Crippen molar-refractivity contribution in [2.45, 2.75) is 25.6 Å². The maximum Gasteiger partial charge on any atom is 0.236 e. The first-order valence-electron chi connectivity index (χ1n) is 9.35. The van der Waals surface area contributed by atoms with Crippen LogP contribution in [-0.2, 0) is 18.4 Å². The molecule has 2 aromatic heterocycles. The monoisotopic (exact) mass is 439 g/mol. The molecular formula is C21H21N5O2S2. The Morgan fingerprint density at radius 2 is 2.03 bits per heavy atom. The smallest absolute Gasteiger partial charge is 0.236 e. The number of aryl methyl sites for hydroxylation is 2. The van der Waals surface area contributed by atoms with E-state index in [4.69, 9.17) is 4.74 Å². The molecule has 4 aromatic rings. The zero-order valence-corrected chi connectivity index (χ0v) is 18.5. The summed E-state index contributed by atoms with van der Waals surface area (Å²) in [5.41, 5.74) is 1.99. The van der Waals surface area contributed by atoms with Crippen molar-refractivity contribution in [3.05, 3.63) is 58.9 Å². The van der Waals surface area contributed by atoms with E-state index in [1.54, 1.807) is 0 Å². The van der Waals surface area contributed by atoms with Crippen LogP contribution < -0.4 is 10.1 Å². The van der Waals surface area contributed by atoms with Crippen LogP contribution in [0.5, 0.6) is 5.75 Å². The fraction of sp³-hybridized carbons (Fsp3) is 0.238. The molecule has 0 saturated heterocycles. The molecule has 2 heterocycles. The fourth-order valence-electron chi connectivity index (χ4n) is 3.00. The van der Waals surface area contributed by atoms with Gasteiger partial charge in [0.05, 0.1) is 11.4 Å². The lowest BCUT2D eigenvalue weighted by Crippen LogP contribution is -2.14. The number of nitrogens with zero attached hydrogens (tertiary/aromatic N) is 4. The Kier molecular flexibility index (Phi) is 6.01. The van der Waals surface area contributed by atoms with Gasteiger partial charge in [-0.25, -0.2) is 4.98 Å². The Balaban J connectivity index is 1.36. The van der Waals surface area contributed by atoms with Crippen molar-refractivity contribution in [1.82, 2.24) is 19.7 Å². The number of nitrogens with one attached hydrogen (secondary N) is 1. The van der Waals surface area contributed by atoms with E-state index >= 15 is 0 Å². The number of carbonyl (C=O) groups is 1. The zero-order valence-electron chi connectivity index (χ0n) is 16.9. The lowest BCUT2D eigenvalue weighted by atomic mass is 10.0. The van der Waals surface area contributed by atoms with Crippen LogP contribution in [0.2, 0.25) is 0 Å². The molecule has 0 atom stereocenters. The number of ether oxygens (including phenoxy) is 1. The average Bonchev–Trinajstić information content (AvgIpc) is 3.31. The van der Waals surface area contributed by atoms with Gasteiger partial charge in [-0.15, -0.1) is 21.5 Å². The predicted molar refractivity (Wildman–Crippen MR) is 120 cm³/mol. The Bertz CT molecular complexity index is 1200. The van der Waals surface area contributed by atoms with Crippen molar-refractivity contribution in [2.24, 2.45) is 7.05 Å². The second-order valence-corrected chi connectivity index (χ2v) is 8.59. The van der Waals surface area contributed by atoms with Gasteiger partial charge >= 0.3 is 0 Å². The SMILES string of the molecule is Cc1csc(NC(=O)CSc2nnc(COc3ccc4ccccc4c3C)n2C)n1. The van der Waals surface area contributed by atoms with Gasteiger partial charge in [-0.05, 0) is 36.2 Å². The number of thiazole rings is 1. The zero-order chi connectivity index (χ0) is 21.1. The third kappa shape index (κ3) is 4.47. The summed E-state index contributed by atoms with van der Waals surface area (Å²) >= 11 is 2.74. The highest BCUT2D eigenvalue weighted by Crippen LogP contribution is 2.28. The van der Waals surface area contributed by atoms with Crippen molar-refractivity contribution in [3.8, 4) is 5.75 Å². The second kappa shape index (κ2) is 8.85. The molecule has 1 amide bonds. The molecule has 0 fully saturated rings. The predicted octanol–water partition coefficient (Wildman–Crippen LogP) is 4.35. The third-order valence-corrected chi connectivity index (χ3v) is 6.52. The fourth-order valence-corrected chi connectivity index (χ4v) is 4.43. The number of carbonyl (C=O) groups excluding carboxylic acids is 1. The molecule has 0 spiro atoms. The highest BCUT2D eigenvalue weighted by atomic mass is 32.2. The first-order chi connectivity index (χ1) is 14.5. The standard InChI is InChI=1S/C21H21N5O2S2/c1-13-11-29-20(22-13)23-19(27)12-30-21-25-24-18(26(21)3)10-28-17-9-8-15-6-4-5-7-16(15)14(17)2/h4-9,11H,10,12H2,1-3H3,(H,22,23,27). The van der Waals surface area contributed by atoms with Gasteiger partial charge in [0.2, 0.25) is 5.91 Å². The van der Waals surface area contributed by atoms with Crippen molar-refractivity contribution >= 4 is 44.9 Å². The second-order valence-electron chi connectivity index (χ2n) is 6.79. The lowest BCUT2D eigenvalue weighted by Gasteiger charge is -2.11. The largest absolute Gasteiger partial charge is 0.485 e. The van der Waals surface area contributed by atoms with E-state index in [2.05, 4.69) is 45.6 Å².